The van der Waals surface area contributed by atoms with Gasteiger partial charge in [-0.1, -0.05) is 24.6 Å². The molecule has 0 bridgehead atoms. The molecule has 31 heavy (non-hydrogen) atoms. The summed E-state index contributed by atoms with van der Waals surface area (Å²) >= 11 is 0. The first kappa shape index (κ1) is 21.2. The fourth-order valence-electron chi connectivity index (χ4n) is 4.67. The Labute approximate surface area is 183 Å². The molecule has 1 N–H and O–H groups in total. The number of nitrogens with one attached hydrogen (secondary N) is 1. The molecule has 2 aromatic rings. The van der Waals surface area contributed by atoms with Crippen molar-refractivity contribution in [3.05, 3.63) is 63.7 Å². The monoisotopic (exact) mass is 422 g/mol. The van der Waals surface area contributed by atoms with Crippen molar-refractivity contribution in [3.63, 3.8) is 0 Å². The zero-order chi connectivity index (χ0) is 22.1. The predicted octanol–water partition coefficient (Wildman–Crippen LogP) is 3.69. The van der Waals surface area contributed by atoms with E-state index in [1.165, 1.54) is 11.3 Å². The van der Waals surface area contributed by atoms with Crippen LogP contribution < -0.4 is 15.1 Å². The van der Waals surface area contributed by atoms with Crippen LogP contribution >= 0.6 is 0 Å². The molecule has 7 heteroatoms. The van der Waals surface area contributed by atoms with Crippen molar-refractivity contribution < 1.29 is 9.72 Å². The van der Waals surface area contributed by atoms with Crippen molar-refractivity contribution in [3.8, 4) is 0 Å². The highest BCUT2D eigenvalue weighted by molar-refractivity contribution is 5.82. The minimum Gasteiger partial charge on any atom is -0.368 e. The Hall–Kier alpha value is -3.09. The summed E-state index contributed by atoms with van der Waals surface area (Å²) < 4.78 is 0. The number of nitro benzene ring substituents is 1. The van der Waals surface area contributed by atoms with E-state index in [0.717, 1.165) is 37.3 Å². The van der Waals surface area contributed by atoms with E-state index in [1.54, 1.807) is 12.1 Å². The second-order valence-electron chi connectivity index (χ2n) is 8.74. The molecule has 0 aromatic heterocycles. The number of rotatable bonds is 5. The second kappa shape index (κ2) is 8.57. The van der Waals surface area contributed by atoms with Gasteiger partial charge in [0.1, 0.15) is 0 Å². The normalized spacial score (nSPS) is 21.1. The number of aryl methyl sites for hydroxylation is 1. The molecule has 7 nitrogen and oxygen atoms in total. The van der Waals surface area contributed by atoms with Gasteiger partial charge in [-0.2, -0.15) is 0 Å². The Bertz CT molecular complexity index is 975. The molecular formula is C24H30N4O3. The molecule has 2 aliphatic rings. The lowest BCUT2D eigenvalue weighted by Crippen LogP contribution is -2.61. The second-order valence-corrected chi connectivity index (χ2v) is 8.74. The Kier molecular flexibility index (Phi) is 5.85. The number of non-ortho nitro benzene ring substituents is 1. The highest BCUT2D eigenvalue weighted by atomic mass is 16.6. The number of hydrogen-bond acceptors (Lipinski definition) is 5. The van der Waals surface area contributed by atoms with E-state index in [4.69, 9.17) is 0 Å². The maximum Gasteiger partial charge on any atom is 0.269 e. The molecule has 3 unspecified atom stereocenters. The minimum absolute atomic E-state index is 0.0214. The molecule has 0 radical (unpaired) electrons. The van der Waals surface area contributed by atoms with Crippen LogP contribution in [0.1, 0.15) is 31.4 Å². The van der Waals surface area contributed by atoms with E-state index in [2.05, 4.69) is 53.2 Å². The number of carbonyl (C=O) groups excluding carboxylic acids is 1. The number of amides is 1. The van der Waals surface area contributed by atoms with Crippen molar-refractivity contribution in [2.45, 2.75) is 45.7 Å². The highest BCUT2D eigenvalue weighted by Crippen LogP contribution is 2.38. The summed E-state index contributed by atoms with van der Waals surface area (Å²) in [5.74, 6) is -0.219. The van der Waals surface area contributed by atoms with Crippen LogP contribution in [0, 0.1) is 23.0 Å². The third kappa shape index (κ3) is 4.22. The van der Waals surface area contributed by atoms with E-state index in [9.17, 15) is 14.9 Å². The van der Waals surface area contributed by atoms with Gasteiger partial charge >= 0.3 is 0 Å². The van der Waals surface area contributed by atoms with Crippen LogP contribution in [0.4, 0.5) is 17.1 Å². The van der Waals surface area contributed by atoms with Gasteiger partial charge in [0.05, 0.1) is 16.9 Å². The molecule has 1 saturated heterocycles. The maximum absolute atomic E-state index is 13.2. The van der Waals surface area contributed by atoms with E-state index in [1.807, 2.05) is 13.0 Å². The summed E-state index contributed by atoms with van der Waals surface area (Å²) in [6.45, 7) is 8.51. The van der Waals surface area contributed by atoms with Gasteiger partial charge in [0, 0.05) is 49.2 Å². The lowest BCUT2D eigenvalue weighted by molar-refractivity contribution is -0.384. The molecule has 1 amide bonds. The van der Waals surface area contributed by atoms with E-state index < -0.39 is 0 Å². The lowest BCUT2D eigenvalue weighted by Gasteiger charge is -2.49. The quantitative estimate of drug-likeness (QED) is 0.587. The van der Waals surface area contributed by atoms with E-state index in [-0.39, 0.29) is 34.5 Å². The first-order valence-corrected chi connectivity index (χ1v) is 11.0. The first-order chi connectivity index (χ1) is 14.9. The topological polar surface area (TPSA) is 78.7 Å². The van der Waals surface area contributed by atoms with Gasteiger partial charge in [-0.05, 0) is 50.5 Å². The molecule has 3 atom stereocenters. The van der Waals surface area contributed by atoms with E-state index in [0.29, 0.717) is 6.42 Å². The summed E-state index contributed by atoms with van der Waals surface area (Å²) in [6.07, 6.45) is 1.38. The van der Waals surface area contributed by atoms with Gasteiger partial charge in [0.2, 0.25) is 5.91 Å². The standard InChI is InChI=1S/C24H30N4O3/c1-4-17(3)25-24(29)21-14-18-13-20(28(30)31)9-10-22(18)27-12-11-26(15-23(21)27)19-7-5-16(2)6-8-19/h5-10,13,17,21,23H,4,11-12,14-15H2,1-3H3,(H,25,29). The molecule has 1 fully saturated rings. The van der Waals surface area contributed by atoms with Gasteiger partial charge in [-0.15, -0.1) is 0 Å². The van der Waals surface area contributed by atoms with E-state index >= 15 is 0 Å². The fraction of sp³-hybridized carbons (Fsp3) is 0.458. The largest absolute Gasteiger partial charge is 0.368 e. The molecule has 164 valence electrons. The Balaban J connectivity index is 1.67. The predicted molar refractivity (Wildman–Crippen MR) is 123 cm³/mol. The van der Waals surface area contributed by atoms with Gasteiger partial charge in [0.25, 0.3) is 5.69 Å². The minimum atomic E-state index is -0.365. The molecule has 0 spiro atoms. The third-order valence-electron chi connectivity index (χ3n) is 6.64. The number of nitrogens with zero attached hydrogens (tertiary/aromatic N) is 3. The SMILES string of the molecule is CCC(C)NC(=O)C1Cc2cc([N+](=O)[O-])ccc2N2CCN(c3ccc(C)cc3)CC12. The van der Waals surface area contributed by atoms with Crippen LogP contribution in [0.5, 0.6) is 0 Å². The molecule has 0 aliphatic carbocycles. The zero-order valence-electron chi connectivity index (χ0n) is 18.4. The van der Waals surface area contributed by atoms with Crippen molar-refractivity contribution in [1.82, 2.24) is 5.32 Å². The molecule has 2 heterocycles. The molecule has 0 saturated carbocycles. The number of nitro groups is 1. The zero-order valence-corrected chi connectivity index (χ0v) is 18.4. The third-order valence-corrected chi connectivity index (χ3v) is 6.64. The fourth-order valence-corrected chi connectivity index (χ4v) is 4.67. The number of piperazine rings is 1. The van der Waals surface area contributed by atoms with Crippen LogP contribution in [0.2, 0.25) is 0 Å². The average Bonchev–Trinajstić information content (AvgIpc) is 2.78. The van der Waals surface area contributed by atoms with Crippen molar-refractivity contribution in [2.75, 3.05) is 29.4 Å². The molecule has 4 rings (SSSR count). The summed E-state index contributed by atoms with van der Waals surface area (Å²) in [7, 11) is 0. The Morgan fingerprint density at radius 1 is 1.23 bits per heavy atom. The maximum atomic E-state index is 13.2. The number of carbonyl (C=O) groups is 1. The summed E-state index contributed by atoms with van der Waals surface area (Å²) in [5, 5.41) is 14.4. The summed E-state index contributed by atoms with van der Waals surface area (Å²) in [6, 6.07) is 13.7. The van der Waals surface area contributed by atoms with Gasteiger partial charge in [-0.3, -0.25) is 14.9 Å². The first-order valence-electron chi connectivity index (χ1n) is 11.0. The van der Waals surface area contributed by atoms with Crippen LogP contribution in [0.3, 0.4) is 0 Å². The van der Waals surface area contributed by atoms with Crippen LogP contribution in [0.15, 0.2) is 42.5 Å². The number of anilines is 2. The highest BCUT2D eigenvalue weighted by Gasteiger charge is 2.42. The lowest BCUT2D eigenvalue weighted by atomic mass is 9.83. The van der Waals surface area contributed by atoms with Crippen molar-refractivity contribution in [2.24, 2.45) is 5.92 Å². The molecular weight excluding hydrogens is 392 g/mol. The smallest absolute Gasteiger partial charge is 0.269 e. The molecule has 2 aromatic carbocycles. The number of fused-ring (bicyclic) bond motifs is 3. The summed E-state index contributed by atoms with van der Waals surface area (Å²) in [4.78, 5) is 28.8. The Morgan fingerprint density at radius 3 is 2.65 bits per heavy atom. The van der Waals surface area contributed by atoms with Gasteiger partial charge in [0.15, 0.2) is 0 Å². The van der Waals surface area contributed by atoms with Gasteiger partial charge in [-0.25, -0.2) is 0 Å². The number of hydrogen-bond donors (Lipinski definition) is 1. The van der Waals surface area contributed by atoms with Crippen molar-refractivity contribution in [1.29, 1.82) is 0 Å². The summed E-state index contributed by atoms with van der Waals surface area (Å²) in [5.41, 5.74) is 4.38. The van der Waals surface area contributed by atoms with Crippen LogP contribution in [0.25, 0.3) is 0 Å². The average molecular weight is 423 g/mol. The molecule has 2 aliphatic heterocycles. The Morgan fingerprint density at radius 2 is 1.97 bits per heavy atom. The van der Waals surface area contributed by atoms with Crippen LogP contribution in [-0.4, -0.2) is 42.5 Å². The number of benzene rings is 2. The van der Waals surface area contributed by atoms with Gasteiger partial charge < -0.3 is 15.1 Å². The van der Waals surface area contributed by atoms with Crippen molar-refractivity contribution >= 4 is 23.0 Å². The van der Waals surface area contributed by atoms with Crippen LogP contribution in [-0.2, 0) is 11.2 Å².